The highest BCUT2D eigenvalue weighted by molar-refractivity contribution is 5.98. The summed E-state index contributed by atoms with van der Waals surface area (Å²) in [5.74, 6) is -0.378. The number of methoxy groups -OCH3 is 2. The lowest BCUT2D eigenvalue weighted by Gasteiger charge is -2.53. The fourth-order valence-corrected chi connectivity index (χ4v) is 14.3. The fourth-order valence-electron chi connectivity index (χ4n) is 14.3. The average Bonchev–Trinajstić information content (AvgIpc) is 1.55. The van der Waals surface area contributed by atoms with E-state index in [1.807, 2.05) is 55.6 Å². The Morgan fingerprint density at radius 2 is 0.969 bits per heavy atom. The predicted molar refractivity (Wildman–Crippen MR) is 361 cm³/mol. The van der Waals surface area contributed by atoms with Crippen LogP contribution in [0.25, 0.3) is 0 Å². The molecule has 8 rings (SSSR count). The third-order valence-electron chi connectivity index (χ3n) is 19.4. The summed E-state index contributed by atoms with van der Waals surface area (Å²) < 4.78 is 64.0. The molecule has 4 aliphatic heterocycles. The van der Waals surface area contributed by atoms with E-state index < -0.39 is 23.6 Å². The number of nitrogens with zero attached hydrogens (tertiary/aromatic N) is 14. The molecule has 24 nitrogen and oxygen atoms in total. The highest BCUT2D eigenvalue weighted by Crippen LogP contribution is 2.47. The summed E-state index contributed by atoms with van der Waals surface area (Å²) in [6.45, 7) is 31.1. The molecule has 4 aliphatic rings. The Morgan fingerprint density at radius 3 is 1.31 bits per heavy atom. The number of aromatic nitrogens is 6. The number of hydrogen-bond acceptors (Lipinski definition) is 22. The lowest BCUT2D eigenvalue weighted by atomic mass is 9.76. The lowest BCUT2D eigenvalue weighted by molar-refractivity contribution is -0.144. The molecule has 6 heterocycles. The lowest BCUT2D eigenvalue weighted by Crippen LogP contribution is -2.62. The van der Waals surface area contributed by atoms with Crippen molar-refractivity contribution in [3.63, 3.8) is 0 Å². The van der Waals surface area contributed by atoms with Gasteiger partial charge >= 0.3 is 11.9 Å². The molecule has 0 saturated carbocycles. The molecule has 0 bridgehead atoms. The second-order valence-corrected chi connectivity index (χ2v) is 27.9. The molecule has 96 heavy (non-hydrogen) atoms. The van der Waals surface area contributed by atoms with Crippen molar-refractivity contribution in [3.8, 4) is 23.3 Å². The highest BCUT2D eigenvalue weighted by Gasteiger charge is 2.52. The van der Waals surface area contributed by atoms with Gasteiger partial charge in [0.1, 0.15) is 61.2 Å². The number of ether oxygens (including phenoxy) is 6. The number of benzene rings is 2. The minimum atomic E-state index is -0.672. The van der Waals surface area contributed by atoms with Crippen molar-refractivity contribution in [2.24, 2.45) is 22.7 Å². The molecule has 4 aromatic rings. The van der Waals surface area contributed by atoms with Crippen molar-refractivity contribution < 1.29 is 56.4 Å². The minimum absolute atomic E-state index is 0.0159. The molecule has 2 aromatic carbocycles. The van der Waals surface area contributed by atoms with Gasteiger partial charge < -0.3 is 57.8 Å². The van der Waals surface area contributed by atoms with Crippen LogP contribution in [0.15, 0.2) is 61.2 Å². The maximum Gasteiger partial charge on any atom is 0.331 e. The van der Waals surface area contributed by atoms with Gasteiger partial charge in [-0.15, -0.1) is 20.4 Å². The quantitative estimate of drug-likeness (QED) is 0.0307. The SMILES string of the molecule is CCN(C(=O)c1cc(F)ccc1Oc1nncnc1N1CCC2(C1)CN([C@H](CCCN(C)CC(COC(=O)/C=C/C(=O)OCC(CN(C)CCC[C@H](C(C)C)N1CC3(CCN(c4ncnnc4Oc4ccc(F)cc4C(=O)N(CC)C(C)C)C3)C1)OC)OC)C(C)C)C2)C(C)C. The van der Waals surface area contributed by atoms with Crippen molar-refractivity contribution in [3.05, 3.63) is 84.0 Å². The summed E-state index contributed by atoms with van der Waals surface area (Å²) in [6.07, 6.45) is 10.1. The number of rotatable bonds is 36. The van der Waals surface area contributed by atoms with Gasteiger partial charge in [0.05, 0.1) is 11.1 Å². The molecule has 2 spiro atoms. The van der Waals surface area contributed by atoms with Crippen molar-refractivity contribution >= 4 is 35.4 Å². The zero-order chi connectivity index (χ0) is 69.4. The van der Waals surface area contributed by atoms with Gasteiger partial charge in [-0.2, -0.15) is 0 Å². The van der Waals surface area contributed by atoms with Gasteiger partial charge in [0.2, 0.25) is 0 Å². The Balaban J connectivity index is 0.702. The second kappa shape index (κ2) is 34.4. The zero-order valence-corrected chi connectivity index (χ0v) is 59.0. The number of hydrogen-bond donors (Lipinski definition) is 0. The Bertz CT molecular complexity index is 3030. The van der Waals surface area contributed by atoms with Gasteiger partial charge in [0.15, 0.2) is 11.6 Å². The number of carbonyl (C=O) groups is 4. The van der Waals surface area contributed by atoms with Crippen molar-refractivity contribution in [1.29, 1.82) is 0 Å². The van der Waals surface area contributed by atoms with Crippen LogP contribution in [0.5, 0.6) is 23.3 Å². The zero-order valence-electron chi connectivity index (χ0n) is 59.0. The van der Waals surface area contributed by atoms with Crippen LogP contribution in [-0.4, -0.2) is 253 Å². The van der Waals surface area contributed by atoms with Crippen molar-refractivity contribution in [2.45, 2.75) is 144 Å². The summed E-state index contributed by atoms with van der Waals surface area (Å²) in [4.78, 5) is 79.1. The van der Waals surface area contributed by atoms with E-state index in [1.165, 1.54) is 49.1 Å². The third kappa shape index (κ3) is 19.4. The van der Waals surface area contributed by atoms with Crippen molar-refractivity contribution in [1.82, 2.24) is 59.8 Å². The normalized spacial score (nSPS) is 17.5. The Labute approximate surface area is 566 Å². The monoisotopic (exact) mass is 1340 g/mol. The Hall–Kier alpha value is -7.10. The van der Waals surface area contributed by atoms with Crippen LogP contribution in [0.4, 0.5) is 20.4 Å². The van der Waals surface area contributed by atoms with E-state index in [4.69, 9.17) is 28.4 Å². The Kier molecular flexibility index (Phi) is 26.8. The average molecular weight is 1340 g/mol. The molecular weight excluding hydrogens is 1230 g/mol. The number of likely N-dealkylation sites (N-methyl/N-ethyl adjacent to an activating group) is 2. The first-order valence-corrected chi connectivity index (χ1v) is 34.2. The molecule has 528 valence electrons. The second-order valence-electron chi connectivity index (χ2n) is 27.9. The molecule has 2 amide bonds. The highest BCUT2D eigenvalue weighted by atomic mass is 19.1. The van der Waals surface area contributed by atoms with Gasteiger partial charge in [-0.05, 0) is 155 Å². The maximum absolute atomic E-state index is 14.5. The van der Waals surface area contributed by atoms with Gasteiger partial charge in [-0.1, -0.05) is 27.7 Å². The van der Waals surface area contributed by atoms with E-state index in [1.54, 1.807) is 24.0 Å². The Morgan fingerprint density at radius 1 is 0.583 bits per heavy atom. The van der Waals surface area contributed by atoms with Crippen LogP contribution in [0, 0.1) is 34.3 Å². The summed E-state index contributed by atoms with van der Waals surface area (Å²) >= 11 is 0. The first kappa shape index (κ1) is 74.7. The first-order valence-electron chi connectivity index (χ1n) is 34.2. The molecule has 2 unspecified atom stereocenters. The van der Waals surface area contributed by atoms with E-state index in [0.717, 1.165) is 116 Å². The number of amides is 2. The van der Waals surface area contributed by atoms with E-state index in [-0.39, 0.29) is 94.5 Å². The van der Waals surface area contributed by atoms with Crippen LogP contribution in [-0.2, 0) is 28.5 Å². The third-order valence-corrected chi connectivity index (χ3v) is 19.4. The smallest absolute Gasteiger partial charge is 0.331 e. The predicted octanol–water partition coefficient (Wildman–Crippen LogP) is 8.53. The molecule has 0 aliphatic carbocycles. The molecule has 4 saturated heterocycles. The number of carbonyl (C=O) groups excluding carboxylic acids is 4. The van der Waals surface area contributed by atoms with Crippen LogP contribution < -0.4 is 19.3 Å². The molecule has 4 atom stereocenters. The van der Waals surface area contributed by atoms with Gasteiger partial charge in [0.25, 0.3) is 23.6 Å². The van der Waals surface area contributed by atoms with Crippen LogP contribution in [0.3, 0.4) is 0 Å². The fraction of sp³-hybridized carbons (Fsp3) is 0.657. The van der Waals surface area contributed by atoms with Gasteiger partial charge in [-0.3, -0.25) is 19.4 Å². The number of halogens is 2. The molecule has 2 aromatic heterocycles. The summed E-state index contributed by atoms with van der Waals surface area (Å²) in [7, 11) is 7.25. The standard InChI is InChI=1S/C70H104F2N14O10/c1-15-85(49(7)8)67(89)55-33-51(71)21-23-59(55)95-65-63(73-45-75-77-65)81-31-27-69(39-81)41-83(42-69)57(47(3)4)19-17-29-79(11)35-53(91-13)37-93-61(87)25-26-62(88)94-38-54(92-14)36-80(12)30-18-20-58(48(5)6)84-43-70(44-84)28-32-82(40-70)64-66(78-76-46-74-64)96-60-24-22-52(72)34-56(60)68(90)86(16-2)50(9)10/h21-26,33-34,45-50,53-54,57-58H,15-20,27-32,35-44H2,1-14H3/b26-25+/t53?,54?,57-,58-/m1/s1. The number of esters is 2. The summed E-state index contributed by atoms with van der Waals surface area (Å²) in [5.41, 5.74) is 0.394. The molecule has 4 fully saturated rings. The first-order chi connectivity index (χ1) is 45.9. The van der Waals surface area contributed by atoms with Gasteiger partial charge in [0, 0.05) is 140 Å². The van der Waals surface area contributed by atoms with E-state index in [9.17, 15) is 28.0 Å². The topological polar surface area (TPSA) is 227 Å². The summed E-state index contributed by atoms with van der Waals surface area (Å²) in [6, 6.07) is 8.46. The minimum Gasteiger partial charge on any atom is -0.460 e. The van der Waals surface area contributed by atoms with Crippen LogP contribution in [0.1, 0.15) is 128 Å². The van der Waals surface area contributed by atoms with Crippen molar-refractivity contribution in [2.75, 3.05) is 143 Å². The number of likely N-dealkylation sites (tertiary alicyclic amines) is 2. The van der Waals surface area contributed by atoms with E-state index in [0.29, 0.717) is 61.7 Å². The van der Waals surface area contributed by atoms with E-state index in [2.05, 4.69) is 87.5 Å². The molecule has 0 radical (unpaired) electrons. The van der Waals surface area contributed by atoms with Gasteiger partial charge in [-0.25, -0.2) is 28.3 Å². The van der Waals surface area contributed by atoms with E-state index >= 15 is 0 Å². The molecule has 0 N–H and O–H groups in total. The van der Waals surface area contributed by atoms with Crippen LogP contribution in [0.2, 0.25) is 0 Å². The molecular formula is C70H104F2N14O10. The number of anilines is 2. The molecule has 26 heteroatoms. The largest absolute Gasteiger partial charge is 0.460 e. The van der Waals surface area contributed by atoms with Crippen LogP contribution >= 0.6 is 0 Å². The maximum atomic E-state index is 14.5. The summed E-state index contributed by atoms with van der Waals surface area (Å²) in [5, 5.41) is 16.6.